The second kappa shape index (κ2) is 18.7. The van der Waals surface area contributed by atoms with E-state index in [9.17, 15) is 52.7 Å². The number of hydrogen-bond acceptors (Lipinski definition) is 0. The predicted molar refractivity (Wildman–Crippen MR) is 198 cm³/mol. The number of fused-ring (bicyclic) bond motifs is 2. The Bertz CT molecular complexity index is 2040. The van der Waals surface area contributed by atoms with Crippen LogP contribution in [0.3, 0.4) is 0 Å². The van der Waals surface area contributed by atoms with Gasteiger partial charge < -0.3 is 0 Å². The molecule has 0 spiro atoms. The van der Waals surface area contributed by atoms with Gasteiger partial charge in [0.05, 0.1) is 22.3 Å². The van der Waals surface area contributed by atoms with Gasteiger partial charge >= 0.3 is 62.6 Å². The number of alkyl halides is 12. The standard InChI is InChI=1S/2C19H13F6.C2H6Si.2ClH.Zr/c2*1-10-5-12-4-3-11(2)17(16(12)6-10)13-7-14(18(20,21)22)9-15(8-13)19(23,24)25;1-3-2;;;/h2*3-9H,1-2H3;1-2H3;2*1H;/q2*-1;;;;+4/p-2. The second-order valence-electron chi connectivity index (χ2n) is 12.7. The molecule has 0 N–H and O–H groups in total. The average Bonchev–Trinajstić information content (AvgIpc) is 3.64. The van der Waals surface area contributed by atoms with Gasteiger partial charge in [0.25, 0.3) is 0 Å². The van der Waals surface area contributed by atoms with E-state index in [-0.39, 0.29) is 23.3 Å². The summed E-state index contributed by atoms with van der Waals surface area (Å²) >= 11 is -0.826. The van der Waals surface area contributed by atoms with Crippen LogP contribution in [0.5, 0.6) is 0 Å². The number of aryl methyl sites for hydroxylation is 4. The van der Waals surface area contributed by atoms with Crippen molar-refractivity contribution in [2.24, 2.45) is 0 Å². The van der Waals surface area contributed by atoms with E-state index in [0.717, 1.165) is 55.7 Å². The molecular weight excluding hydrogens is 899 g/mol. The Balaban J connectivity index is 0.000000264. The van der Waals surface area contributed by atoms with E-state index in [0.29, 0.717) is 33.0 Å². The van der Waals surface area contributed by atoms with Crippen LogP contribution in [0.15, 0.2) is 84.9 Å². The van der Waals surface area contributed by atoms with Crippen LogP contribution in [-0.4, -0.2) is 9.52 Å². The summed E-state index contributed by atoms with van der Waals surface area (Å²) in [7, 11) is 11.0. The molecule has 0 aliphatic carbocycles. The van der Waals surface area contributed by atoms with Crippen molar-refractivity contribution in [1.82, 2.24) is 0 Å². The van der Waals surface area contributed by atoms with Crippen molar-refractivity contribution in [3.63, 3.8) is 0 Å². The van der Waals surface area contributed by atoms with Gasteiger partial charge in [0, 0.05) is 9.52 Å². The number of halogens is 14. The Morgan fingerprint density at radius 1 is 0.464 bits per heavy atom. The molecule has 298 valence electrons. The summed E-state index contributed by atoms with van der Waals surface area (Å²) in [6.45, 7) is 11.3. The number of rotatable bonds is 2. The van der Waals surface area contributed by atoms with Gasteiger partial charge in [-0.25, -0.2) is 0 Å². The van der Waals surface area contributed by atoms with Gasteiger partial charge in [-0.2, -0.15) is 64.8 Å². The molecule has 0 nitrogen and oxygen atoms in total. The van der Waals surface area contributed by atoms with Crippen LogP contribution in [0.1, 0.15) is 44.5 Å². The molecule has 0 saturated carbocycles. The van der Waals surface area contributed by atoms with E-state index in [1.165, 1.54) is 0 Å². The van der Waals surface area contributed by atoms with Crippen molar-refractivity contribution < 1.29 is 73.5 Å². The third-order valence-electron chi connectivity index (χ3n) is 8.24. The fraction of sp³-hybridized carbons (Fsp3) is 0.250. The molecule has 0 heterocycles. The van der Waals surface area contributed by atoms with E-state index in [1.807, 2.05) is 26.0 Å². The molecule has 6 aromatic rings. The molecule has 56 heavy (non-hydrogen) atoms. The molecular formula is C40H32Cl2F12SiZr. The van der Waals surface area contributed by atoms with Gasteiger partial charge in [-0.15, -0.1) is 69.1 Å². The first-order valence-electron chi connectivity index (χ1n) is 16.2. The fourth-order valence-electron chi connectivity index (χ4n) is 6.05. The molecule has 0 bridgehead atoms. The minimum absolute atomic E-state index is 0.0872. The molecule has 2 radical (unpaired) electrons. The van der Waals surface area contributed by atoms with Gasteiger partial charge in [-0.05, 0) is 61.4 Å². The Labute approximate surface area is 337 Å². The summed E-state index contributed by atoms with van der Waals surface area (Å²) in [6.07, 6.45) is -19.4. The minimum atomic E-state index is -4.86. The van der Waals surface area contributed by atoms with Crippen LogP contribution in [0.25, 0.3) is 43.8 Å². The first kappa shape index (κ1) is 47.3. The molecule has 0 unspecified atom stereocenters. The zero-order valence-electron chi connectivity index (χ0n) is 30.4. The maximum atomic E-state index is 13.1. The van der Waals surface area contributed by atoms with Crippen molar-refractivity contribution in [1.29, 1.82) is 0 Å². The van der Waals surface area contributed by atoms with Crippen LogP contribution in [-0.2, 0) is 45.6 Å². The summed E-state index contributed by atoms with van der Waals surface area (Å²) in [5.41, 5.74) is -1.61. The third kappa shape index (κ3) is 12.0. The Morgan fingerprint density at radius 2 is 0.714 bits per heavy atom. The van der Waals surface area contributed by atoms with Crippen LogP contribution in [0.4, 0.5) is 52.7 Å². The fourth-order valence-corrected chi connectivity index (χ4v) is 6.05. The first-order chi connectivity index (χ1) is 25.8. The van der Waals surface area contributed by atoms with Crippen LogP contribution in [0.2, 0.25) is 13.1 Å². The van der Waals surface area contributed by atoms with Crippen molar-refractivity contribution in [3.05, 3.63) is 129 Å². The van der Waals surface area contributed by atoms with Crippen molar-refractivity contribution in [2.75, 3.05) is 0 Å². The SMILES string of the molecule is C[Si]C.Cc1cc2c(-c3cc(C(F)(F)F)cc(C(F)(F)F)c3)c(C)ccc2[cH-]1.Cc1cc2c(-c3cc(C(F)(F)F)cc(C(F)(F)F)c3)c(C)ccc2[cH-]1.[Cl][Zr+2][Cl]. The van der Waals surface area contributed by atoms with Gasteiger partial charge in [0.1, 0.15) is 0 Å². The zero-order valence-corrected chi connectivity index (χ0v) is 35.3. The van der Waals surface area contributed by atoms with E-state index in [2.05, 4.69) is 13.1 Å². The molecule has 16 heteroatoms. The van der Waals surface area contributed by atoms with E-state index < -0.39 is 67.8 Å². The summed E-state index contributed by atoms with van der Waals surface area (Å²) in [5, 5.41) is 2.85. The van der Waals surface area contributed by atoms with Crippen LogP contribution in [0, 0.1) is 27.7 Å². The Morgan fingerprint density at radius 3 is 0.946 bits per heavy atom. The molecule has 0 aliphatic heterocycles. The predicted octanol–water partition coefficient (Wildman–Crippen LogP) is 15.9. The maximum absolute atomic E-state index is 13.1. The third-order valence-corrected chi connectivity index (χ3v) is 8.24. The van der Waals surface area contributed by atoms with E-state index >= 15 is 0 Å². The Kier molecular flexibility index (Phi) is 15.8. The first-order valence-corrected chi connectivity index (χ1v) is 24.6. The normalized spacial score (nSPS) is 11.9. The van der Waals surface area contributed by atoms with E-state index in [1.54, 1.807) is 50.2 Å². The monoisotopic (exact) mass is 928 g/mol. The van der Waals surface area contributed by atoms with E-state index in [4.69, 9.17) is 17.0 Å². The average molecular weight is 931 g/mol. The molecule has 0 atom stereocenters. The van der Waals surface area contributed by atoms with Crippen LogP contribution < -0.4 is 0 Å². The molecule has 0 aromatic heterocycles. The Hall–Kier alpha value is -3.06. The molecule has 6 rings (SSSR count). The topological polar surface area (TPSA) is 0 Å². The molecule has 6 aromatic carbocycles. The molecule has 0 fully saturated rings. The summed E-state index contributed by atoms with van der Waals surface area (Å²) in [4.78, 5) is 0. The molecule has 0 saturated heterocycles. The summed E-state index contributed by atoms with van der Waals surface area (Å²) < 4.78 is 157. The quantitative estimate of drug-likeness (QED) is 0.0922. The molecule has 0 aliphatic rings. The molecule has 0 amide bonds. The van der Waals surface area contributed by atoms with Crippen molar-refractivity contribution >= 4 is 48.1 Å². The summed E-state index contributed by atoms with van der Waals surface area (Å²) in [5.74, 6) is 0. The number of hydrogen-bond donors (Lipinski definition) is 0. The van der Waals surface area contributed by atoms with Gasteiger partial charge in [-0.3, -0.25) is 0 Å². The number of benzene rings is 4. The van der Waals surface area contributed by atoms with Crippen molar-refractivity contribution in [3.8, 4) is 22.3 Å². The summed E-state index contributed by atoms with van der Waals surface area (Å²) in [6, 6.07) is 17.6. The second-order valence-corrected chi connectivity index (χ2v) is 17.5. The zero-order chi connectivity index (χ0) is 42.6. The van der Waals surface area contributed by atoms with Gasteiger partial charge in [0.15, 0.2) is 0 Å². The van der Waals surface area contributed by atoms with Crippen LogP contribution >= 0.6 is 17.0 Å². The van der Waals surface area contributed by atoms with Gasteiger partial charge in [0.2, 0.25) is 0 Å². The van der Waals surface area contributed by atoms with Crippen molar-refractivity contribution in [2.45, 2.75) is 65.5 Å². The van der Waals surface area contributed by atoms with Gasteiger partial charge in [-0.1, -0.05) is 49.2 Å².